The molecular formula is C27H40N2O5S. The van der Waals surface area contributed by atoms with Crippen molar-refractivity contribution >= 4 is 34.9 Å². The summed E-state index contributed by atoms with van der Waals surface area (Å²) in [5.41, 5.74) is 0.492. The number of nitrogens with zero attached hydrogens (tertiary/aromatic N) is 1. The van der Waals surface area contributed by atoms with E-state index in [-0.39, 0.29) is 35.9 Å². The summed E-state index contributed by atoms with van der Waals surface area (Å²) in [7, 11) is 0. The second kappa shape index (κ2) is 12.2. The van der Waals surface area contributed by atoms with Crippen LogP contribution in [0.15, 0.2) is 23.1 Å². The number of carbonyl (C=O) groups excluding carboxylic acids is 3. The summed E-state index contributed by atoms with van der Waals surface area (Å²) >= 11 is 1.55. The topological polar surface area (TPSA) is 117 Å². The van der Waals surface area contributed by atoms with E-state index in [1.54, 1.807) is 39.0 Å². The third-order valence-electron chi connectivity index (χ3n) is 7.13. The molecule has 8 heteroatoms. The summed E-state index contributed by atoms with van der Waals surface area (Å²) in [4.78, 5) is 43.3. The highest BCUT2D eigenvalue weighted by molar-refractivity contribution is 7.09. The summed E-state index contributed by atoms with van der Waals surface area (Å²) in [6.07, 6.45) is 3.93. The first-order valence-electron chi connectivity index (χ1n) is 12.3. The highest BCUT2D eigenvalue weighted by Gasteiger charge is 2.42. The molecule has 0 aromatic carbocycles. The SMILES string of the molecule is CC(=Cc1csc(C)n1)[C@@H]1CCC(C)C=CC(=O)[C@H](C)[C@H](O)[C@@H](C)C(=O)C(C)(C)[C@@H](O)CC(=O)N1. The van der Waals surface area contributed by atoms with Gasteiger partial charge in [0.1, 0.15) is 5.78 Å². The van der Waals surface area contributed by atoms with Crippen molar-refractivity contribution in [3.8, 4) is 0 Å². The minimum atomic E-state index is -1.28. The van der Waals surface area contributed by atoms with Gasteiger partial charge in [0.15, 0.2) is 5.78 Å². The summed E-state index contributed by atoms with van der Waals surface area (Å²) in [6.45, 7) is 12.2. The van der Waals surface area contributed by atoms with Crippen LogP contribution >= 0.6 is 11.3 Å². The number of aliphatic hydroxyl groups is 2. The van der Waals surface area contributed by atoms with E-state index in [0.717, 1.165) is 22.7 Å². The quantitative estimate of drug-likeness (QED) is 0.563. The maximum atomic E-state index is 13.2. The third kappa shape index (κ3) is 7.66. The molecule has 0 spiro atoms. The van der Waals surface area contributed by atoms with Gasteiger partial charge in [-0.3, -0.25) is 14.4 Å². The van der Waals surface area contributed by atoms with E-state index in [0.29, 0.717) is 6.42 Å². The van der Waals surface area contributed by atoms with Crippen LogP contribution in [0.4, 0.5) is 0 Å². The number of hydrogen-bond donors (Lipinski definition) is 3. The van der Waals surface area contributed by atoms with E-state index in [9.17, 15) is 24.6 Å². The Bertz CT molecular complexity index is 980. The first-order valence-corrected chi connectivity index (χ1v) is 13.1. The summed E-state index contributed by atoms with van der Waals surface area (Å²) in [5.74, 6) is -2.55. The Morgan fingerprint density at radius 3 is 2.40 bits per heavy atom. The zero-order valence-electron chi connectivity index (χ0n) is 21.9. The molecule has 0 saturated carbocycles. The highest BCUT2D eigenvalue weighted by Crippen LogP contribution is 2.31. The Morgan fingerprint density at radius 1 is 1.14 bits per heavy atom. The fraction of sp³-hybridized carbons (Fsp3) is 0.630. The van der Waals surface area contributed by atoms with Crippen LogP contribution in [0.3, 0.4) is 0 Å². The van der Waals surface area contributed by atoms with Gasteiger partial charge < -0.3 is 15.5 Å². The highest BCUT2D eigenvalue weighted by atomic mass is 32.1. The van der Waals surface area contributed by atoms with Gasteiger partial charge in [-0.1, -0.05) is 40.7 Å². The predicted octanol–water partition coefficient (Wildman–Crippen LogP) is 3.87. The standard InChI is InChI=1S/C27H40N2O5S/c1-15-8-10-21(16(2)12-20-14-35-19(5)28-20)29-24(32)13-23(31)27(6,7)26(34)18(4)25(33)17(3)22(30)11-9-15/h9,11-12,14-15,17-18,21,23,25,31,33H,8,10,13H2,1-7H3,(H,29,32)/t15?,17-,18+,21-,23-,25-/m0/s1. The molecule has 3 N–H and O–H groups in total. The fourth-order valence-electron chi connectivity index (χ4n) is 4.32. The number of aromatic nitrogens is 1. The van der Waals surface area contributed by atoms with Crippen LogP contribution in [-0.4, -0.2) is 50.9 Å². The van der Waals surface area contributed by atoms with Crippen LogP contribution in [0, 0.1) is 30.1 Å². The Kier molecular flexibility index (Phi) is 10.1. The molecule has 0 aliphatic carbocycles. The molecule has 0 radical (unpaired) electrons. The normalized spacial score (nSPS) is 31.9. The fourth-order valence-corrected chi connectivity index (χ4v) is 4.89. The molecule has 6 atom stereocenters. The molecule has 194 valence electrons. The molecule has 35 heavy (non-hydrogen) atoms. The van der Waals surface area contributed by atoms with Gasteiger partial charge in [0.05, 0.1) is 40.8 Å². The number of allylic oxidation sites excluding steroid dienone is 2. The number of Topliss-reactive ketones (excluding diaryl/α,β-unsaturated/α-hetero) is 1. The molecule has 1 amide bonds. The van der Waals surface area contributed by atoms with Crippen LogP contribution < -0.4 is 5.32 Å². The van der Waals surface area contributed by atoms with E-state index in [1.807, 2.05) is 38.3 Å². The van der Waals surface area contributed by atoms with Gasteiger partial charge in [0.25, 0.3) is 0 Å². The van der Waals surface area contributed by atoms with Crippen molar-refractivity contribution in [3.05, 3.63) is 33.8 Å². The van der Waals surface area contributed by atoms with Crippen LogP contribution in [0.1, 0.15) is 71.5 Å². The molecule has 1 aliphatic rings. The minimum absolute atomic E-state index is 0.0634. The molecule has 1 aliphatic heterocycles. The van der Waals surface area contributed by atoms with Gasteiger partial charge in [0.2, 0.25) is 5.91 Å². The number of carbonyl (C=O) groups is 3. The summed E-state index contributed by atoms with van der Waals surface area (Å²) in [6, 6.07) is -0.283. The van der Waals surface area contributed by atoms with Gasteiger partial charge >= 0.3 is 0 Å². The predicted molar refractivity (Wildman–Crippen MR) is 139 cm³/mol. The van der Waals surface area contributed by atoms with E-state index in [4.69, 9.17) is 0 Å². The number of nitrogens with one attached hydrogen (secondary N) is 1. The number of hydrogen-bond acceptors (Lipinski definition) is 7. The lowest BCUT2D eigenvalue weighted by atomic mass is 9.73. The second-order valence-electron chi connectivity index (χ2n) is 10.5. The molecule has 2 heterocycles. The monoisotopic (exact) mass is 504 g/mol. The van der Waals surface area contributed by atoms with Crippen LogP contribution in [0.25, 0.3) is 6.08 Å². The number of aliphatic hydroxyl groups excluding tert-OH is 2. The third-order valence-corrected chi connectivity index (χ3v) is 7.92. The van der Waals surface area contributed by atoms with Crippen molar-refractivity contribution in [2.75, 3.05) is 0 Å². The van der Waals surface area contributed by atoms with Crippen LogP contribution in [0.5, 0.6) is 0 Å². The first-order chi connectivity index (χ1) is 16.2. The van der Waals surface area contributed by atoms with Crippen molar-refractivity contribution in [3.63, 3.8) is 0 Å². The largest absolute Gasteiger partial charge is 0.392 e. The van der Waals surface area contributed by atoms with Gasteiger partial charge in [-0.25, -0.2) is 4.98 Å². The lowest BCUT2D eigenvalue weighted by Crippen LogP contribution is -2.47. The zero-order chi connectivity index (χ0) is 26.5. The molecule has 1 aromatic heterocycles. The van der Waals surface area contributed by atoms with Gasteiger partial charge in [-0.05, 0) is 50.3 Å². The second-order valence-corrected chi connectivity index (χ2v) is 11.6. The maximum Gasteiger partial charge on any atom is 0.223 e. The maximum absolute atomic E-state index is 13.2. The van der Waals surface area contributed by atoms with Crippen molar-refractivity contribution in [2.24, 2.45) is 23.2 Å². The molecule has 0 saturated heterocycles. The number of thiazole rings is 1. The first kappa shape index (κ1) is 29.1. The zero-order valence-corrected chi connectivity index (χ0v) is 22.7. The molecule has 2 rings (SSSR count). The molecule has 1 aromatic rings. The van der Waals surface area contributed by atoms with E-state index in [2.05, 4.69) is 10.3 Å². The average molecular weight is 505 g/mol. The lowest BCUT2D eigenvalue weighted by Gasteiger charge is -2.34. The summed E-state index contributed by atoms with van der Waals surface area (Å²) in [5, 5.41) is 27.5. The van der Waals surface area contributed by atoms with E-state index in [1.165, 1.54) is 6.08 Å². The smallest absolute Gasteiger partial charge is 0.223 e. The molecular weight excluding hydrogens is 464 g/mol. The molecule has 7 nitrogen and oxygen atoms in total. The van der Waals surface area contributed by atoms with Gasteiger partial charge in [0, 0.05) is 17.2 Å². The Balaban J connectivity index is 2.38. The van der Waals surface area contributed by atoms with Crippen molar-refractivity contribution < 1.29 is 24.6 Å². The number of aryl methyl sites for hydroxylation is 1. The molecule has 1 unspecified atom stereocenters. The molecule has 0 fully saturated rings. The van der Waals surface area contributed by atoms with Gasteiger partial charge in [-0.2, -0.15) is 0 Å². The minimum Gasteiger partial charge on any atom is -0.392 e. The van der Waals surface area contributed by atoms with Gasteiger partial charge in [-0.15, -0.1) is 11.3 Å². The number of amides is 1. The van der Waals surface area contributed by atoms with E-state index < -0.39 is 29.5 Å². The Morgan fingerprint density at radius 2 is 1.80 bits per heavy atom. The van der Waals surface area contributed by atoms with Crippen molar-refractivity contribution in [2.45, 2.75) is 86.0 Å². The average Bonchev–Trinajstić information content (AvgIpc) is 3.21. The number of rotatable bonds is 2. The Hall–Kier alpha value is -2.16. The lowest BCUT2D eigenvalue weighted by molar-refractivity contribution is -0.143. The van der Waals surface area contributed by atoms with Crippen molar-refractivity contribution in [1.29, 1.82) is 0 Å². The number of ketones is 2. The van der Waals surface area contributed by atoms with Crippen LogP contribution in [-0.2, 0) is 14.4 Å². The summed E-state index contributed by atoms with van der Waals surface area (Å²) < 4.78 is 0. The van der Waals surface area contributed by atoms with E-state index >= 15 is 0 Å². The Labute approximate surface area is 212 Å². The molecule has 0 bridgehead atoms. The van der Waals surface area contributed by atoms with Crippen LogP contribution in [0.2, 0.25) is 0 Å². The van der Waals surface area contributed by atoms with Crippen molar-refractivity contribution in [1.82, 2.24) is 10.3 Å².